The molecule has 0 heterocycles. The highest BCUT2D eigenvalue weighted by molar-refractivity contribution is 6.30. The lowest BCUT2D eigenvalue weighted by Gasteiger charge is -2.01. The summed E-state index contributed by atoms with van der Waals surface area (Å²) >= 11 is 5.77. The highest BCUT2D eigenvalue weighted by Gasteiger charge is 2.15. The Morgan fingerprint density at radius 2 is 2.00 bits per heavy atom. The van der Waals surface area contributed by atoms with Gasteiger partial charge in [0.15, 0.2) is 0 Å². The summed E-state index contributed by atoms with van der Waals surface area (Å²) in [7, 11) is 0. The molecule has 20 heavy (non-hydrogen) atoms. The minimum absolute atomic E-state index is 0.0874. The summed E-state index contributed by atoms with van der Waals surface area (Å²) in [5.74, 6) is -0.571. The number of hydrogen-bond acceptors (Lipinski definition) is 5. The van der Waals surface area contributed by atoms with Crippen LogP contribution >= 0.6 is 11.6 Å². The first-order chi connectivity index (χ1) is 9.49. The summed E-state index contributed by atoms with van der Waals surface area (Å²) < 4.78 is 0. The monoisotopic (exact) mass is 292 g/mol. The van der Waals surface area contributed by atoms with Gasteiger partial charge in [-0.05, 0) is 24.3 Å². The Balaban J connectivity index is 2.39. The van der Waals surface area contributed by atoms with E-state index >= 15 is 0 Å². The van der Waals surface area contributed by atoms with Crippen LogP contribution in [0.4, 0.5) is 11.4 Å². The van der Waals surface area contributed by atoms with Gasteiger partial charge in [-0.1, -0.05) is 17.7 Å². The first-order valence-corrected chi connectivity index (χ1v) is 5.86. The van der Waals surface area contributed by atoms with Gasteiger partial charge in [0.05, 0.1) is 4.92 Å². The van der Waals surface area contributed by atoms with E-state index in [0.29, 0.717) is 5.02 Å². The van der Waals surface area contributed by atoms with Crippen molar-refractivity contribution in [3.63, 3.8) is 0 Å². The second kappa shape index (κ2) is 5.58. The maximum Gasteiger partial charge on any atom is 0.311 e. The van der Waals surface area contributed by atoms with Crippen LogP contribution in [0.2, 0.25) is 5.02 Å². The van der Waals surface area contributed by atoms with Crippen molar-refractivity contribution in [1.29, 1.82) is 0 Å². The first kappa shape index (κ1) is 13.8. The van der Waals surface area contributed by atoms with Crippen LogP contribution in [0.25, 0.3) is 0 Å². The summed E-state index contributed by atoms with van der Waals surface area (Å²) in [4.78, 5) is 14.0. The van der Waals surface area contributed by atoms with E-state index < -0.39 is 16.4 Å². The van der Waals surface area contributed by atoms with Crippen LogP contribution in [0.5, 0.6) is 11.5 Å². The van der Waals surface area contributed by atoms with Crippen molar-refractivity contribution in [2.45, 2.75) is 0 Å². The molecule has 6 nitrogen and oxygen atoms in total. The molecule has 2 aromatic carbocycles. The van der Waals surface area contributed by atoms with Gasteiger partial charge in [0.2, 0.25) is 5.75 Å². The second-order valence-electron chi connectivity index (χ2n) is 3.86. The molecule has 0 saturated carbocycles. The van der Waals surface area contributed by atoms with Crippen molar-refractivity contribution in [2.24, 2.45) is 4.99 Å². The van der Waals surface area contributed by atoms with Gasteiger partial charge in [0, 0.05) is 22.9 Å². The molecule has 0 aliphatic rings. The predicted octanol–water partition coefficient (Wildman–Crippen LogP) is 3.41. The van der Waals surface area contributed by atoms with E-state index in [2.05, 4.69) is 4.99 Å². The van der Waals surface area contributed by atoms with Crippen molar-refractivity contribution in [2.75, 3.05) is 0 Å². The topological polar surface area (TPSA) is 96.0 Å². The molecule has 0 saturated heterocycles. The fourth-order valence-electron chi connectivity index (χ4n) is 1.54. The number of benzene rings is 2. The Morgan fingerprint density at radius 3 is 2.70 bits per heavy atom. The molecule has 0 atom stereocenters. The maximum absolute atomic E-state index is 10.7. The SMILES string of the molecule is O=[N+]([O-])c1cccc(C=Nc2cc(Cl)ccc2O)c1O. The Hall–Kier alpha value is -2.60. The molecule has 0 unspecified atom stereocenters. The first-order valence-electron chi connectivity index (χ1n) is 5.48. The van der Waals surface area contributed by atoms with E-state index in [1.165, 1.54) is 42.6 Å². The average molecular weight is 293 g/mol. The van der Waals surface area contributed by atoms with Crippen molar-refractivity contribution in [3.05, 3.63) is 57.1 Å². The minimum Gasteiger partial charge on any atom is -0.506 e. The molecule has 0 aliphatic carbocycles. The Bertz CT molecular complexity index is 701. The summed E-state index contributed by atoms with van der Waals surface area (Å²) in [5, 5.41) is 30.4. The molecule has 7 heteroatoms. The van der Waals surface area contributed by atoms with E-state index in [9.17, 15) is 20.3 Å². The number of phenols is 2. The van der Waals surface area contributed by atoms with Crippen molar-refractivity contribution in [1.82, 2.24) is 0 Å². The number of nitrogens with zero attached hydrogens (tertiary/aromatic N) is 2. The molecular formula is C13H9ClN2O4. The van der Waals surface area contributed by atoms with Crippen LogP contribution in [0.1, 0.15) is 5.56 Å². The van der Waals surface area contributed by atoms with Crippen LogP contribution in [0, 0.1) is 10.1 Å². The molecule has 0 bridgehead atoms. The molecule has 102 valence electrons. The van der Waals surface area contributed by atoms with Gasteiger partial charge in [-0.3, -0.25) is 15.1 Å². The smallest absolute Gasteiger partial charge is 0.311 e. The van der Waals surface area contributed by atoms with E-state index in [4.69, 9.17) is 11.6 Å². The third-order valence-corrected chi connectivity index (χ3v) is 2.76. The van der Waals surface area contributed by atoms with Gasteiger partial charge < -0.3 is 10.2 Å². The van der Waals surface area contributed by atoms with Crippen molar-refractivity contribution in [3.8, 4) is 11.5 Å². The van der Waals surface area contributed by atoms with E-state index in [0.717, 1.165) is 0 Å². The van der Waals surface area contributed by atoms with Crippen LogP contribution in [-0.4, -0.2) is 21.4 Å². The van der Waals surface area contributed by atoms with Gasteiger partial charge in [-0.25, -0.2) is 0 Å². The van der Waals surface area contributed by atoms with Gasteiger partial charge >= 0.3 is 5.69 Å². The van der Waals surface area contributed by atoms with Crippen LogP contribution < -0.4 is 0 Å². The molecule has 2 rings (SSSR count). The summed E-state index contributed by atoms with van der Waals surface area (Å²) in [5.41, 5.74) is -0.0498. The second-order valence-corrected chi connectivity index (χ2v) is 4.30. The molecular weight excluding hydrogens is 284 g/mol. The third-order valence-electron chi connectivity index (χ3n) is 2.52. The highest BCUT2D eigenvalue weighted by Crippen LogP contribution is 2.31. The molecule has 0 aromatic heterocycles. The summed E-state index contributed by atoms with van der Waals surface area (Å²) in [6, 6.07) is 8.39. The standard InChI is InChI=1S/C13H9ClN2O4/c14-9-4-5-12(17)10(6-9)15-7-8-2-1-3-11(13(8)18)16(19)20/h1-7,17-18H. The zero-order valence-corrected chi connectivity index (χ0v) is 10.8. The molecule has 0 amide bonds. The number of halogens is 1. The Kier molecular flexibility index (Phi) is 3.86. The Labute approximate surface area is 118 Å². The molecule has 2 aromatic rings. The Morgan fingerprint density at radius 1 is 1.25 bits per heavy atom. The highest BCUT2D eigenvalue weighted by atomic mass is 35.5. The van der Waals surface area contributed by atoms with Crippen LogP contribution in [0.15, 0.2) is 41.4 Å². The number of nitro groups is 1. The zero-order valence-electron chi connectivity index (χ0n) is 10.0. The molecule has 2 N–H and O–H groups in total. The number of rotatable bonds is 3. The molecule has 0 spiro atoms. The van der Waals surface area contributed by atoms with E-state index in [-0.39, 0.29) is 17.0 Å². The summed E-state index contributed by atoms with van der Waals surface area (Å²) in [6.45, 7) is 0. The van der Waals surface area contributed by atoms with E-state index in [1.54, 1.807) is 0 Å². The van der Waals surface area contributed by atoms with Gasteiger partial charge in [-0.15, -0.1) is 0 Å². The lowest BCUT2D eigenvalue weighted by atomic mass is 10.2. The number of aromatic hydroxyl groups is 2. The zero-order chi connectivity index (χ0) is 14.7. The lowest BCUT2D eigenvalue weighted by molar-refractivity contribution is -0.385. The third kappa shape index (κ3) is 2.86. The largest absolute Gasteiger partial charge is 0.506 e. The quantitative estimate of drug-likeness (QED) is 0.515. The summed E-state index contributed by atoms with van der Waals surface area (Å²) in [6.07, 6.45) is 1.22. The number of hydrogen-bond donors (Lipinski definition) is 2. The lowest BCUT2D eigenvalue weighted by Crippen LogP contribution is -1.91. The number of nitro benzene ring substituents is 1. The van der Waals surface area contributed by atoms with E-state index in [1.807, 2.05) is 0 Å². The van der Waals surface area contributed by atoms with Crippen LogP contribution in [0.3, 0.4) is 0 Å². The molecule has 0 radical (unpaired) electrons. The van der Waals surface area contributed by atoms with Gasteiger partial charge in [0.25, 0.3) is 0 Å². The van der Waals surface area contributed by atoms with Crippen LogP contribution in [-0.2, 0) is 0 Å². The average Bonchev–Trinajstić information content (AvgIpc) is 2.41. The fraction of sp³-hybridized carbons (Fsp3) is 0. The van der Waals surface area contributed by atoms with Crippen molar-refractivity contribution >= 4 is 29.2 Å². The van der Waals surface area contributed by atoms with Gasteiger partial charge in [-0.2, -0.15) is 0 Å². The maximum atomic E-state index is 10.7. The van der Waals surface area contributed by atoms with Crippen molar-refractivity contribution < 1.29 is 15.1 Å². The minimum atomic E-state index is -0.691. The number of aliphatic imine (C=N–C) groups is 1. The normalized spacial score (nSPS) is 10.8. The molecule has 0 fully saturated rings. The van der Waals surface area contributed by atoms with Gasteiger partial charge in [0.1, 0.15) is 11.4 Å². The molecule has 0 aliphatic heterocycles. The predicted molar refractivity (Wildman–Crippen MR) is 75.1 cm³/mol. The number of para-hydroxylation sites is 1. The number of phenolic OH excluding ortho intramolecular Hbond substituents is 2. The fourth-order valence-corrected chi connectivity index (χ4v) is 1.71.